The molecule has 0 saturated heterocycles. The van der Waals surface area contributed by atoms with Crippen LogP contribution in [0.3, 0.4) is 0 Å². The molecule has 0 radical (unpaired) electrons. The van der Waals surface area contributed by atoms with Crippen molar-refractivity contribution in [3.8, 4) is 0 Å². The van der Waals surface area contributed by atoms with Crippen LogP contribution >= 0.6 is 0 Å². The average Bonchev–Trinajstić information content (AvgIpc) is 3.25. The predicted octanol–water partition coefficient (Wildman–Crippen LogP) is 4.68. The van der Waals surface area contributed by atoms with E-state index in [1.165, 1.54) is 0 Å². The first-order chi connectivity index (χ1) is 18.3. The molecule has 8 heteroatoms. The minimum atomic E-state index is -0.659. The van der Waals surface area contributed by atoms with Crippen molar-refractivity contribution in [2.75, 3.05) is 30.4 Å². The van der Waals surface area contributed by atoms with Gasteiger partial charge in [-0.2, -0.15) is 0 Å². The Morgan fingerprint density at radius 3 is 2.39 bits per heavy atom. The van der Waals surface area contributed by atoms with E-state index in [0.717, 1.165) is 16.8 Å². The second kappa shape index (κ2) is 11.8. The molecular formula is C30H32N4O4. The fourth-order valence-corrected chi connectivity index (χ4v) is 4.41. The van der Waals surface area contributed by atoms with Crippen LogP contribution in [0.1, 0.15) is 48.2 Å². The van der Waals surface area contributed by atoms with Gasteiger partial charge in [0.15, 0.2) is 0 Å². The van der Waals surface area contributed by atoms with Crippen LogP contribution < -0.4 is 15.5 Å². The molecule has 3 aromatic rings. The first kappa shape index (κ1) is 26.8. The van der Waals surface area contributed by atoms with Crippen molar-refractivity contribution in [2.45, 2.75) is 32.7 Å². The van der Waals surface area contributed by atoms with E-state index in [-0.39, 0.29) is 24.5 Å². The van der Waals surface area contributed by atoms with Crippen LogP contribution in [0.4, 0.5) is 17.1 Å². The summed E-state index contributed by atoms with van der Waals surface area (Å²) < 4.78 is 5.10. The maximum Gasteiger partial charge on any atom is 0.338 e. The number of carbonyl (C=O) groups is 3. The minimum Gasteiger partial charge on any atom is -0.462 e. The molecule has 1 heterocycles. The Morgan fingerprint density at radius 1 is 1.05 bits per heavy atom. The zero-order valence-corrected chi connectivity index (χ0v) is 22.0. The highest BCUT2D eigenvalue weighted by atomic mass is 16.5. The highest BCUT2D eigenvalue weighted by molar-refractivity contribution is 6.24. The number of esters is 1. The van der Waals surface area contributed by atoms with Gasteiger partial charge in [0.1, 0.15) is 5.92 Å². The fraction of sp³-hybridized carbons (Fsp3) is 0.267. The number of benzene rings is 3. The maximum absolute atomic E-state index is 13.2. The van der Waals surface area contributed by atoms with Gasteiger partial charge in [0.2, 0.25) is 11.8 Å². The summed E-state index contributed by atoms with van der Waals surface area (Å²) in [5.74, 6) is -1.36. The highest BCUT2D eigenvalue weighted by Crippen LogP contribution is 2.37. The number of nitrogens with zero attached hydrogens (tertiary/aromatic N) is 2. The van der Waals surface area contributed by atoms with Gasteiger partial charge in [0.25, 0.3) is 0 Å². The number of amides is 2. The molecule has 3 aromatic carbocycles. The highest BCUT2D eigenvalue weighted by Gasteiger charge is 2.36. The number of ether oxygens (including phenoxy) is 1. The number of carbonyl (C=O) groups excluding carboxylic acids is 3. The van der Waals surface area contributed by atoms with Crippen molar-refractivity contribution >= 4 is 40.6 Å². The van der Waals surface area contributed by atoms with Crippen LogP contribution in [0.25, 0.3) is 0 Å². The van der Waals surface area contributed by atoms with Gasteiger partial charge in [0.05, 0.1) is 23.6 Å². The van der Waals surface area contributed by atoms with Gasteiger partial charge in [-0.3, -0.25) is 14.6 Å². The second-order valence-electron chi connectivity index (χ2n) is 9.14. The van der Waals surface area contributed by atoms with Crippen LogP contribution in [0.5, 0.6) is 0 Å². The van der Waals surface area contributed by atoms with Gasteiger partial charge >= 0.3 is 5.97 Å². The smallest absolute Gasteiger partial charge is 0.338 e. The van der Waals surface area contributed by atoms with Gasteiger partial charge in [-0.15, -0.1) is 0 Å². The molecule has 196 valence electrons. The third kappa shape index (κ3) is 5.81. The quantitative estimate of drug-likeness (QED) is 0.320. The molecule has 38 heavy (non-hydrogen) atoms. The third-order valence-electron chi connectivity index (χ3n) is 6.48. The molecule has 8 nitrogen and oxygen atoms in total. The summed E-state index contributed by atoms with van der Waals surface area (Å²) in [5.41, 5.74) is 4.52. The molecule has 0 aromatic heterocycles. The molecule has 0 saturated carbocycles. The first-order valence-corrected chi connectivity index (χ1v) is 12.6. The molecule has 2 amide bonds. The molecule has 0 spiro atoms. The van der Waals surface area contributed by atoms with Gasteiger partial charge in [-0.25, -0.2) is 4.79 Å². The van der Waals surface area contributed by atoms with E-state index < -0.39 is 11.9 Å². The molecule has 1 aliphatic heterocycles. The van der Waals surface area contributed by atoms with E-state index in [9.17, 15) is 14.4 Å². The molecule has 2 N–H and O–H groups in total. The molecule has 0 fully saturated rings. The van der Waals surface area contributed by atoms with Crippen molar-refractivity contribution in [1.82, 2.24) is 5.32 Å². The molecule has 0 aliphatic carbocycles. The van der Waals surface area contributed by atoms with E-state index in [0.29, 0.717) is 29.2 Å². The molecule has 2 unspecified atom stereocenters. The topological polar surface area (TPSA) is 100 Å². The summed E-state index contributed by atoms with van der Waals surface area (Å²) in [5, 5.41) is 6.06. The molecular weight excluding hydrogens is 480 g/mol. The van der Waals surface area contributed by atoms with Crippen LogP contribution in [-0.2, 0) is 14.3 Å². The fourth-order valence-electron chi connectivity index (χ4n) is 4.41. The predicted molar refractivity (Wildman–Crippen MR) is 149 cm³/mol. The number of nitrogens with one attached hydrogen (secondary N) is 2. The lowest BCUT2D eigenvalue weighted by Gasteiger charge is -2.24. The SMILES string of the molecule is CCOC(=O)c1ccc2c(c1)NC(=O)C2C(=Nc1ccc(N(CC(C)NC)C(C)=O)cc1)c1ccccc1. The zero-order valence-electron chi connectivity index (χ0n) is 22.0. The zero-order chi connectivity index (χ0) is 27.2. The number of likely N-dealkylation sites (N-methyl/N-ethyl adjacent to an activating group) is 1. The maximum atomic E-state index is 13.2. The van der Waals surface area contributed by atoms with Crippen LogP contribution in [0, 0.1) is 0 Å². The average molecular weight is 513 g/mol. The van der Waals surface area contributed by atoms with E-state index in [1.807, 2.05) is 68.6 Å². The summed E-state index contributed by atoms with van der Waals surface area (Å²) in [4.78, 5) is 44.4. The van der Waals surface area contributed by atoms with Crippen molar-refractivity contribution in [1.29, 1.82) is 0 Å². The number of hydrogen-bond donors (Lipinski definition) is 2. The van der Waals surface area contributed by atoms with Gasteiger partial charge in [-0.05, 0) is 68.4 Å². The lowest BCUT2D eigenvalue weighted by atomic mass is 9.90. The Hall–Kier alpha value is -4.30. The van der Waals surface area contributed by atoms with E-state index >= 15 is 0 Å². The Balaban J connectivity index is 1.72. The lowest BCUT2D eigenvalue weighted by Crippen LogP contribution is -2.40. The molecule has 2 atom stereocenters. The summed E-state index contributed by atoms with van der Waals surface area (Å²) >= 11 is 0. The minimum absolute atomic E-state index is 0.0465. The van der Waals surface area contributed by atoms with Crippen LogP contribution in [0.15, 0.2) is 77.8 Å². The monoisotopic (exact) mass is 512 g/mol. The summed E-state index contributed by atoms with van der Waals surface area (Å²) in [6.07, 6.45) is 0. The Kier molecular flexibility index (Phi) is 8.33. The van der Waals surface area contributed by atoms with E-state index in [2.05, 4.69) is 10.6 Å². The normalized spacial score (nSPS) is 15.4. The molecule has 0 bridgehead atoms. The molecule has 1 aliphatic rings. The largest absolute Gasteiger partial charge is 0.462 e. The Labute approximate surface area is 222 Å². The number of hydrogen-bond acceptors (Lipinski definition) is 6. The second-order valence-corrected chi connectivity index (χ2v) is 9.14. The van der Waals surface area contributed by atoms with Crippen molar-refractivity contribution < 1.29 is 19.1 Å². The Morgan fingerprint density at radius 2 is 1.76 bits per heavy atom. The van der Waals surface area contributed by atoms with Crippen molar-refractivity contribution in [2.24, 2.45) is 4.99 Å². The number of fused-ring (bicyclic) bond motifs is 1. The summed E-state index contributed by atoms with van der Waals surface area (Å²) in [6.45, 7) is 6.12. The first-order valence-electron chi connectivity index (χ1n) is 12.6. The number of anilines is 2. The molecule has 4 rings (SSSR count). The number of rotatable bonds is 9. The Bertz CT molecular complexity index is 1350. The standard InChI is InChI=1S/C30H32N4O4/c1-5-38-30(37)22-11-16-25-26(17-22)33-29(36)27(25)28(21-9-7-6-8-10-21)32-23-12-14-24(15-13-23)34(20(3)35)18-19(2)31-4/h6-17,19,27,31H,5,18H2,1-4H3,(H,33,36). The van der Waals surface area contributed by atoms with Gasteiger partial charge in [-0.1, -0.05) is 36.4 Å². The number of aliphatic imine (C=N–C) groups is 1. The van der Waals surface area contributed by atoms with Crippen molar-refractivity contribution in [3.63, 3.8) is 0 Å². The lowest BCUT2D eigenvalue weighted by molar-refractivity contribution is -0.117. The van der Waals surface area contributed by atoms with Crippen molar-refractivity contribution in [3.05, 3.63) is 89.5 Å². The summed E-state index contributed by atoms with van der Waals surface area (Å²) in [6, 6.07) is 22.2. The van der Waals surface area contributed by atoms with Gasteiger partial charge < -0.3 is 20.3 Å². The summed E-state index contributed by atoms with van der Waals surface area (Å²) in [7, 11) is 1.86. The van der Waals surface area contributed by atoms with Crippen LogP contribution in [-0.4, -0.2) is 49.7 Å². The van der Waals surface area contributed by atoms with Gasteiger partial charge in [0, 0.05) is 30.9 Å². The van der Waals surface area contributed by atoms with E-state index in [1.54, 1.807) is 36.9 Å². The van der Waals surface area contributed by atoms with Crippen LogP contribution in [0.2, 0.25) is 0 Å². The van der Waals surface area contributed by atoms with E-state index in [4.69, 9.17) is 9.73 Å². The third-order valence-corrected chi connectivity index (χ3v) is 6.48.